The number of methoxy groups -OCH3 is 1. The highest BCUT2D eigenvalue weighted by Crippen LogP contribution is 2.32. The maximum Gasteiger partial charge on any atom is 0.318 e. The van der Waals surface area contributed by atoms with Crippen LogP contribution in [-0.2, 0) is 22.6 Å². The standard InChI is InChI=1S/C33H42N6O5/c1-43-28-14-13-25-22-29(28)44-20-8-17-39(33(42)36-26-11-6-3-7-12-26)23-30(40)37-27(21-24-9-4-2-5-10-24)32(41)35-16-19-38-18-15-34-31(25)38/h2,4-5,9-10,13-15,18,22,26-27H,3,6-8,11-12,16-17,19-21,23H2,1H3,(H,35,41)(H,36,42)(H,37,40)/t27-/m0/s1. The topological polar surface area (TPSA) is 127 Å². The van der Waals surface area contributed by atoms with Gasteiger partial charge in [0.05, 0.1) is 13.7 Å². The molecule has 3 aromatic rings. The highest BCUT2D eigenvalue weighted by atomic mass is 16.5. The second-order valence-electron chi connectivity index (χ2n) is 11.3. The number of nitrogens with zero attached hydrogens (tertiary/aromatic N) is 3. The fourth-order valence-electron chi connectivity index (χ4n) is 5.78. The van der Waals surface area contributed by atoms with E-state index in [4.69, 9.17) is 9.47 Å². The number of imidazole rings is 1. The van der Waals surface area contributed by atoms with Gasteiger partial charge in [0, 0.05) is 50.1 Å². The van der Waals surface area contributed by atoms with Gasteiger partial charge < -0.3 is 34.9 Å². The van der Waals surface area contributed by atoms with E-state index in [1.165, 1.54) is 11.3 Å². The molecule has 11 nitrogen and oxygen atoms in total. The van der Waals surface area contributed by atoms with E-state index in [2.05, 4.69) is 20.9 Å². The van der Waals surface area contributed by atoms with E-state index < -0.39 is 11.9 Å². The molecule has 234 valence electrons. The lowest BCUT2D eigenvalue weighted by Gasteiger charge is -2.29. The lowest BCUT2D eigenvalue weighted by molar-refractivity contribution is -0.129. The largest absolute Gasteiger partial charge is 0.493 e. The van der Waals surface area contributed by atoms with Gasteiger partial charge in [0.2, 0.25) is 11.8 Å². The van der Waals surface area contributed by atoms with Crippen molar-refractivity contribution in [1.29, 1.82) is 0 Å². The summed E-state index contributed by atoms with van der Waals surface area (Å²) < 4.78 is 13.6. The van der Waals surface area contributed by atoms with Crippen molar-refractivity contribution in [2.75, 3.05) is 33.4 Å². The summed E-state index contributed by atoms with van der Waals surface area (Å²) in [5, 5.41) is 9.01. The molecule has 11 heteroatoms. The number of rotatable bonds is 4. The van der Waals surface area contributed by atoms with Gasteiger partial charge in [-0.15, -0.1) is 0 Å². The van der Waals surface area contributed by atoms with E-state index in [1.54, 1.807) is 13.3 Å². The lowest BCUT2D eigenvalue weighted by atomic mass is 9.96. The van der Waals surface area contributed by atoms with E-state index in [9.17, 15) is 14.4 Å². The Kier molecular flexibility index (Phi) is 10.7. The summed E-state index contributed by atoms with van der Waals surface area (Å²) in [6, 6.07) is 14.2. The highest BCUT2D eigenvalue weighted by Gasteiger charge is 2.26. The zero-order valence-corrected chi connectivity index (χ0v) is 25.3. The van der Waals surface area contributed by atoms with Crippen molar-refractivity contribution in [2.24, 2.45) is 0 Å². The quantitative estimate of drug-likeness (QED) is 0.420. The molecule has 1 aliphatic carbocycles. The fourth-order valence-corrected chi connectivity index (χ4v) is 5.78. The third kappa shape index (κ3) is 8.30. The molecule has 1 aliphatic heterocycles. The molecule has 3 N–H and O–H groups in total. The number of urea groups is 1. The Morgan fingerprint density at radius 3 is 2.68 bits per heavy atom. The average Bonchev–Trinajstić information content (AvgIpc) is 3.51. The number of hydrogen-bond acceptors (Lipinski definition) is 6. The van der Waals surface area contributed by atoms with E-state index in [-0.39, 0.29) is 24.5 Å². The van der Waals surface area contributed by atoms with Crippen LogP contribution < -0.4 is 25.4 Å². The Bertz CT molecular complexity index is 1400. The van der Waals surface area contributed by atoms with Gasteiger partial charge in [-0.05, 0) is 43.0 Å². The third-order valence-corrected chi connectivity index (χ3v) is 8.11. The Morgan fingerprint density at radius 1 is 1.07 bits per heavy atom. The Balaban J connectivity index is 1.39. The molecule has 0 saturated heterocycles. The van der Waals surface area contributed by atoms with Gasteiger partial charge in [-0.1, -0.05) is 49.6 Å². The number of fused-ring (bicyclic) bond motifs is 4. The number of carbonyl (C=O) groups is 3. The normalized spacial score (nSPS) is 18.9. The van der Waals surface area contributed by atoms with Crippen LogP contribution in [0.1, 0.15) is 44.1 Å². The molecule has 2 aromatic carbocycles. The molecule has 1 fully saturated rings. The van der Waals surface area contributed by atoms with Crippen molar-refractivity contribution in [3.8, 4) is 22.9 Å². The first-order valence-electron chi connectivity index (χ1n) is 15.5. The third-order valence-electron chi connectivity index (χ3n) is 8.11. The lowest BCUT2D eigenvalue weighted by Crippen LogP contribution is -2.53. The van der Waals surface area contributed by atoms with Gasteiger partial charge in [-0.25, -0.2) is 9.78 Å². The molecule has 1 saturated carbocycles. The van der Waals surface area contributed by atoms with Gasteiger partial charge in [0.25, 0.3) is 0 Å². The molecular weight excluding hydrogens is 560 g/mol. The number of aromatic nitrogens is 2. The van der Waals surface area contributed by atoms with Crippen molar-refractivity contribution < 1.29 is 23.9 Å². The van der Waals surface area contributed by atoms with Crippen LogP contribution in [0.2, 0.25) is 0 Å². The molecule has 2 aliphatic rings. The van der Waals surface area contributed by atoms with Gasteiger partial charge in [0.15, 0.2) is 11.5 Å². The molecule has 1 aromatic heterocycles. The van der Waals surface area contributed by atoms with Crippen LogP contribution >= 0.6 is 0 Å². The molecule has 0 unspecified atom stereocenters. The van der Waals surface area contributed by atoms with Gasteiger partial charge in [0.1, 0.15) is 18.4 Å². The monoisotopic (exact) mass is 602 g/mol. The predicted octanol–water partition coefficient (Wildman–Crippen LogP) is 3.53. The minimum absolute atomic E-state index is 0.0970. The smallest absolute Gasteiger partial charge is 0.318 e. The van der Waals surface area contributed by atoms with Crippen molar-refractivity contribution in [3.05, 3.63) is 66.5 Å². The first-order valence-corrected chi connectivity index (χ1v) is 15.5. The van der Waals surface area contributed by atoms with Gasteiger partial charge in [-0.3, -0.25) is 9.59 Å². The maximum absolute atomic E-state index is 13.4. The van der Waals surface area contributed by atoms with Crippen LogP contribution in [0.3, 0.4) is 0 Å². The first kappa shape index (κ1) is 30.9. The summed E-state index contributed by atoms with van der Waals surface area (Å²) in [7, 11) is 1.59. The fraction of sp³-hybridized carbons (Fsp3) is 0.455. The number of ether oxygens (including phenoxy) is 2. The summed E-state index contributed by atoms with van der Waals surface area (Å²) >= 11 is 0. The number of nitrogens with one attached hydrogen (secondary N) is 3. The van der Waals surface area contributed by atoms with Crippen molar-refractivity contribution in [3.63, 3.8) is 0 Å². The molecule has 2 heterocycles. The van der Waals surface area contributed by atoms with E-state index in [0.717, 1.165) is 42.6 Å². The Morgan fingerprint density at radius 2 is 1.89 bits per heavy atom. The van der Waals surface area contributed by atoms with Gasteiger partial charge in [-0.2, -0.15) is 0 Å². The van der Waals surface area contributed by atoms with Crippen LogP contribution in [0.15, 0.2) is 60.9 Å². The van der Waals surface area contributed by atoms with E-state index >= 15 is 0 Å². The van der Waals surface area contributed by atoms with Crippen molar-refractivity contribution in [1.82, 2.24) is 30.4 Å². The zero-order valence-electron chi connectivity index (χ0n) is 25.3. The number of benzene rings is 2. The SMILES string of the molecule is COc1ccc2cc1OCCCN(C(=O)NC1CCCCC1)CC(=O)N[C@@H](Cc1ccccc1)C(=O)NCCn1ccnc1-2. The molecule has 2 bridgehead atoms. The zero-order chi connectivity index (χ0) is 30.7. The van der Waals surface area contributed by atoms with Gasteiger partial charge >= 0.3 is 6.03 Å². The molecule has 44 heavy (non-hydrogen) atoms. The summed E-state index contributed by atoms with van der Waals surface area (Å²) in [6.45, 7) is 1.24. The van der Waals surface area contributed by atoms with Crippen LogP contribution in [0.5, 0.6) is 11.5 Å². The van der Waals surface area contributed by atoms with E-state index in [0.29, 0.717) is 50.6 Å². The van der Waals surface area contributed by atoms with Crippen LogP contribution in [0.25, 0.3) is 11.4 Å². The minimum atomic E-state index is -0.804. The van der Waals surface area contributed by atoms with Crippen LogP contribution in [0, 0.1) is 0 Å². The summed E-state index contributed by atoms with van der Waals surface area (Å²) in [6.07, 6.45) is 9.59. The molecule has 4 amide bonds. The van der Waals surface area contributed by atoms with E-state index in [1.807, 2.05) is 59.3 Å². The second-order valence-corrected chi connectivity index (χ2v) is 11.3. The summed E-state index contributed by atoms with van der Waals surface area (Å²) in [5.74, 6) is 1.20. The van der Waals surface area contributed by atoms with Crippen molar-refractivity contribution in [2.45, 2.75) is 63.6 Å². The first-order chi connectivity index (χ1) is 21.5. The van der Waals surface area contributed by atoms with Crippen LogP contribution in [0.4, 0.5) is 4.79 Å². The molecule has 0 spiro atoms. The molecular formula is C33H42N6O5. The molecule has 1 atom stereocenters. The van der Waals surface area contributed by atoms with Crippen LogP contribution in [-0.4, -0.2) is 77.7 Å². The number of carbonyl (C=O) groups excluding carboxylic acids is 3. The Labute approximate surface area is 258 Å². The molecule has 5 rings (SSSR count). The predicted molar refractivity (Wildman–Crippen MR) is 166 cm³/mol. The van der Waals surface area contributed by atoms with Crippen molar-refractivity contribution >= 4 is 17.8 Å². The second kappa shape index (κ2) is 15.3. The highest BCUT2D eigenvalue weighted by molar-refractivity contribution is 5.90. The average molecular weight is 603 g/mol. The maximum atomic E-state index is 13.4. The number of amides is 4. The summed E-state index contributed by atoms with van der Waals surface area (Å²) in [5.41, 5.74) is 1.77. The Hall–Kier alpha value is -4.54. The molecule has 0 radical (unpaired) electrons. The number of hydrogen-bond donors (Lipinski definition) is 3. The minimum Gasteiger partial charge on any atom is -0.493 e. The summed E-state index contributed by atoms with van der Waals surface area (Å²) in [4.78, 5) is 46.3.